The van der Waals surface area contributed by atoms with Crippen LogP contribution in [0.4, 0.5) is 0 Å². The minimum atomic E-state index is -1.14. The van der Waals surface area contributed by atoms with E-state index in [1.807, 2.05) is 13.8 Å². The van der Waals surface area contributed by atoms with E-state index in [1.54, 1.807) is 13.8 Å². The van der Waals surface area contributed by atoms with Gasteiger partial charge in [0.15, 0.2) is 0 Å². The Morgan fingerprint density at radius 3 is 2.42 bits per heavy atom. The Kier molecular flexibility index (Phi) is 6.63. The number of rotatable bonds is 7. The molecule has 132 valence electrons. The van der Waals surface area contributed by atoms with E-state index < -0.39 is 35.9 Å². The van der Waals surface area contributed by atoms with Crippen molar-refractivity contribution in [3.8, 4) is 0 Å². The van der Waals surface area contributed by atoms with E-state index in [0.717, 1.165) is 0 Å². The van der Waals surface area contributed by atoms with Gasteiger partial charge >= 0.3 is 5.97 Å². The molecule has 9 nitrogen and oxygen atoms in total. The highest BCUT2D eigenvalue weighted by atomic mass is 16.4. The third kappa shape index (κ3) is 5.18. The Bertz CT molecular complexity index is 696. The highest BCUT2D eigenvalue weighted by Crippen LogP contribution is 2.05. The summed E-state index contributed by atoms with van der Waals surface area (Å²) in [6, 6.07) is -1.03. The molecule has 0 saturated carbocycles. The van der Waals surface area contributed by atoms with Gasteiger partial charge in [-0.2, -0.15) is 5.10 Å². The minimum absolute atomic E-state index is 0.0852. The standard InChI is InChI=1S/C15H22N4O5/c1-7(2)5-10(15(23)24)17-11(20)6-16-13(21)12-8(3)9(4)18-19-14(12)22/h7,10H,5-6H2,1-4H3,(H,16,21)(H,17,20)(H,19,22)(H,23,24)/t10-/m0/s1. The number of aliphatic carboxylic acids is 1. The number of H-pyrrole nitrogens is 1. The number of amides is 2. The second-order valence-corrected chi connectivity index (χ2v) is 5.91. The average molecular weight is 338 g/mol. The van der Waals surface area contributed by atoms with Crippen LogP contribution in [0.5, 0.6) is 0 Å². The molecule has 0 bridgehead atoms. The molecule has 0 saturated heterocycles. The molecule has 0 fully saturated rings. The Labute approximate surface area is 138 Å². The first kappa shape index (κ1) is 19.3. The SMILES string of the molecule is Cc1n[nH]c(=O)c(C(=O)NCC(=O)N[C@@H](CC(C)C)C(=O)O)c1C. The first-order chi connectivity index (χ1) is 11.1. The summed E-state index contributed by atoms with van der Waals surface area (Å²) in [7, 11) is 0. The van der Waals surface area contributed by atoms with Crippen molar-refractivity contribution in [2.75, 3.05) is 6.54 Å². The number of nitrogens with one attached hydrogen (secondary N) is 3. The minimum Gasteiger partial charge on any atom is -0.480 e. The molecule has 0 aromatic carbocycles. The zero-order valence-corrected chi connectivity index (χ0v) is 14.1. The maximum atomic E-state index is 12.1. The smallest absolute Gasteiger partial charge is 0.326 e. The van der Waals surface area contributed by atoms with Crippen LogP contribution in [0.25, 0.3) is 0 Å². The zero-order valence-electron chi connectivity index (χ0n) is 14.1. The van der Waals surface area contributed by atoms with E-state index in [1.165, 1.54) is 0 Å². The molecule has 1 aromatic heterocycles. The zero-order chi connectivity index (χ0) is 18.4. The van der Waals surface area contributed by atoms with Gasteiger partial charge in [-0.3, -0.25) is 14.4 Å². The summed E-state index contributed by atoms with van der Waals surface area (Å²) < 4.78 is 0. The number of nitrogens with zero attached hydrogens (tertiary/aromatic N) is 1. The van der Waals surface area contributed by atoms with E-state index in [0.29, 0.717) is 11.3 Å². The molecule has 1 aromatic rings. The Hall–Kier alpha value is -2.71. The van der Waals surface area contributed by atoms with Crippen LogP contribution < -0.4 is 16.2 Å². The molecule has 9 heteroatoms. The largest absolute Gasteiger partial charge is 0.480 e. The van der Waals surface area contributed by atoms with Gasteiger partial charge in [0, 0.05) is 0 Å². The molecule has 0 radical (unpaired) electrons. The van der Waals surface area contributed by atoms with Crippen LogP contribution in [0.2, 0.25) is 0 Å². The van der Waals surface area contributed by atoms with Crippen LogP contribution in [-0.2, 0) is 9.59 Å². The number of carboxylic acids is 1. The van der Waals surface area contributed by atoms with Gasteiger partial charge in [-0.15, -0.1) is 0 Å². The number of aryl methyl sites for hydroxylation is 1. The van der Waals surface area contributed by atoms with Gasteiger partial charge in [0.2, 0.25) is 5.91 Å². The lowest BCUT2D eigenvalue weighted by Gasteiger charge is -2.16. The van der Waals surface area contributed by atoms with E-state index in [2.05, 4.69) is 20.8 Å². The molecule has 0 aliphatic carbocycles. The maximum absolute atomic E-state index is 12.1. The first-order valence-corrected chi connectivity index (χ1v) is 7.49. The maximum Gasteiger partial charge on any atom is 0.326 e. The first-order valence-electron chi connectivity index (χ1n) is 7.49. The summed E-state index contributed by atoms with van der Waals surface area (Å²) in [5.41, 5.74) is 0.137. The fraction of sp³-hybridized carbons (Fsp3) is 0.533. The highest BCUT2D eigenvalue weighted by molar-refractivity contribution is 5.97. The molecule has 0 spiro atoms. The average Bonchev–Trinajstić information content (AvgIpc) is 2.48. The Morgan fingerprint density at radius 2 is 1.88 bits per heavy atom. The summed E-state index contributed by atoms with van der Waals surface area (Å²) in [5.74, 6) is -2.41. The van der Waals surface area contributed by atoms with Crippen LogP contribution in [0.1, 0.15) is 41.9 Å². The molecule has 1 heterocycles. The van der Waals surface area contributed by atoms with Crippen LogP contribution in [0, 0.1) is 19.8 Å². The van der Waals surface area contributed by atoms with E-state index in [9.17, 15) is 19.2 Å². The normalized spacial score (nSPS) is 11.9. The second-order valence-electron chi connectivity index (χ2n) is 5.91. The summed E-state index contributed by atoms with van der Waals surface area (Å²) >= 11 is 0. The van der Waals surface area contributed by atoms with Gasteiger partial charge in [-0.1, -0.05) is 13.8 Å². The fourth-order valence-electron chi connectivity index (χ4n) is 2.09. The van der Waals surface area contributed by atoms with Crippen LogP contribution in [-0.4, -0.2) is 45.7 Å². The van der Waals surface area contributed by atoms with Crippen LogP contribution in [0.3, 0.4) is 0 Å². The van der Waals surface area contributed by atoms with Crippen molar-refractivity contribution in [2.45, 2.75) is 40.2 Å². The van der Waals surface area contributed by atoms with E-state index >= 15 is 0 Å². The lowest BCUT2D eigenvalue weighted by molar-refractivity contribution is -0.142. The van der Waals surface area contributed by atoms with Crippen LogP contribution in [0.15, 0.2) is 4.79 Å². The third-order valence-electron chi connectivity index (χ3n) is 3.45. The molecule has 1 rings (SSSR count). The van der Waals surface area contributed by atoms with Crippen molar-refractivity contribution in [3.63, 3.8) is 0 Å². The van der Waals surface area contributed by atoms with E-state index in [-0.39, 0.29) is 17.9 Å². The van der Waals surface area contributed by atoms with Gasteiger partial charge in [0.1, 0.15) is 11.6 Å². The third-order valence-corrected chi connectivity index (χ3v) is 3.45. The molecular formula is C15H22N4O5. The summed E-state index contributed by atoms with van der Waals surface area (Å²) in [4.78, 5) is 46.7. The number of carbonyl (C=O) groups excluding carboxylic acids is 2. The van der Waals surface area contributed by atoms with E-state index in [4.69, 9.17) is 5.11 Å². The number of aromatic nitrogens is 2. The molecular weight excluding hydrogens is 316 g/mol. The highest BCUT2D eigenvalue weighted by Gasteiger charge is 2.22. The van der Waals surface area contributed by atoms with Crippen molar-refractivity contribution in [3.05, 3.63) is 27.2 Å². The summed E-state index contributed by atoms with van der Waals surface area (Å²) in [6.07, 6.45) is 0.275. The Morgan fingerprint density at radius 1 is 1.25 bits per heavy atom. The summed E-state index contributed by atoms with van der Waals surface area (Å²) in [5, 5.41) is 19.7. The lowest BCUT2D eigenvalue weighted by atomic mass is 10.0. The second kappa shape index (κ2) is 8.23. The van der Waals surface area contributed by atoms with Crippen molar-refractivity contribution >= 4 is 17.8 Å². The van der Waals surface area contributed by atoms with Gasteiger partial charge < -0.3 is 15.7 Å². The topological polar surface area (TPSA) is 141 Å². The summed E-state index contributed by atoms with van der Waals surface area (Å²) in [6.45, 7) is 6.46. The predicted molar refractivity (Wildman–Crippen MR) is 85.7 cm³/mol. The number of hydrogen-bond acceptors (Lipinski definition) is 5. The Balaban J connectivity index is 2.71. The van der Waals surface area contributed by atoms with Gasteiger partial charge in [0.05, 0.1) is 12.2 Å². The van der Waals surface area contributed by atoms with Crippen molar-refractivity contribution in [2.24, 2.45) is 5.92 Å². The molecule has 24 heavy (non-hydrogen) atoms. The van der Waals surface area contributed by atoms with Crippen molar-refractivity contribution in [1.82, 2.24) is 20.8 Å². The molecule has 4 N–H and O–H groups in total. The number of carbonyl (C=O) groups is 3. The van der Waals surface area contributed by atoms with Gasteiger partial charge in [-0.25, -0.2) is 9.89 Å². The monoisotopic (exact) mass is 338 g/mol. The van der Waals surface area contributed by atoms with Crippen molar-refractivity contribution in [1.29, 1.82) is 0 Å². The molecule has 0 unspecified atom stereocenters. The van der Waals surface area contributed by atoms with Crippen molar-refractivity contribution < 1.29 is 19.5 Å². The quantitative estimate of drug-likeness (QED) is 0.539. The molecule has 0 aliphatic heterocycles. The molecule has 0 aliphatic rings. The number of aromatic amines is 1. The molecule has 1 atom stereocenters. The predicted octanol–water partition coefficient (Wildman–Crippen LogP) is -0.268. The number of carboxylic acid groups (broad SMARTS) is 1. The number of hydrogen-bond donors (Lipinski definition) is 4. The molecule has 2 amide bonds. The van der Waals surface area contributed by atoms with Gasteiger partial charge in [-0.05, 0) is 31.7 Å². The lowest BCUT2D eigenvalue weighted by Crippen LogP contribution is -2.46. The van der Waals surface area contributed by atoms with Crippen LogP contribution >= 0.6 is 0 Å². The fourth-order valence-corrected chi connectivity index (χ4v) is 2.09. The van der Waals surface area contributed by atoms with Gasteiger partial charge in [0.25, 0.3) is 11.5 Å².